The lowest BCUT2D eigenvalue weighted by Crippen LogP contribution is -2.38. The molecule has 4 nitrogen and oxygen atoms in total. The number of anilines is 1. The van der Waals surface area contributed by atoms with Gasteiger partial charge in [-0.1, -0.05) is 12.1 Å². The third-order valence-electron chi connectivity index (χ3n) is 3.11. The van der Waals surface area contributed by atoms with Gasteiger partial charge in [-0.2, -0.15) is 0 Å². The van der Waals surface area contributed by atoms with Gasteiger partial charge in [-0.15, -0.1) is 0 Å². The van der Waals surface area contributed by atoms with E-state index in [1.54, 1.807) is 0 Å². The van der Waals surface area contributed by atoms with E-state index < -0.39 is 0 Å². The Kier molecular flexibility index (Phi) is 4.66. The summed E-state index contributed by atoms with van der Waals surface area (Å²) in [5.74, 6) is 0.931. The molecule has 1 aliphatic carbocycles. The zero-order valence-corrected chi connectivity index (χ0v) is 12.1. The molecule has 0 radical (unpaired) electrons. The average Bonchev–Trinajstić information content (AvgIpc) is 3.20. The van der Waals surface area contributed by atoms with Gasteiger partial charge in [0.1, 0.15) is 0 Å². The van der Waals surface area contributed by atoms with Crippen molar-refractivity contribution in [3.8, 4) is 0 Å². The Balaban J connectivity index is 1.99. The Morgan fingerprint density at radius 1 is 1.37 bits per heavy atom. The van der Waals surface area contributed by atoms with Crippen LogP contribution in [0.1, 0.15) is 25.3 Å². The fourth-order valence-electron chi connectivity index (χ4n) is 1.84. The maximum Gasteiger partial charge on any atom is 0.191 e. The van der Waals surface area contributed by atoms with Crippen molar-refractivity contribution in [2.24, 2.45) is 4.99 Å². The summed E-state index contributed by atoms with van der Waals surface area (Å²) in [7, 11) is 4.11. The summed E-state index contributed by atoms with van der Waals surface area (Å²) in [5, 5.41) is 6.72. The summed E-state index contributed by atoms with van der Waals surface area (Å²) >= 11 is 0. The molecule has 0 atom stereocenters. The molecule has 0 saturated heterocycles. The molecule has 19 heavy (non-hydrogen) atoms. The summed E-state index contributed by atoms with van der Waals surface area (Å²) in [6.07, 6.45) is 2.53. The first-order valence-corrected chi connectivity index (χ1v) is 7.00. The molecule has 2 N–H and O–H groups in total. The first-order chi connectivity index (χ1) is 9.19. The van der Waals surface area contributed by atoms with Crippen LogP contribution in [0.5, 0.6) is 0 Å². The fraction of sp³-hybridized carbons (Fsp3) is 0.533. The number of nitrogens with one attached hydrogen (secondary N) is 2. The van der Waals surface area contributed by atoms with Crippen LogP contribution in [0, 0.1) is 0 Å². The number of aliphatic imine (C=N–C) groups is 1. The van der Waals surface area contributed by atoms with Crippen LogP contribution in [-0.2, 0) is 6.54 Å². The van der Waals surface area contributed by atoms with Crippen molar-refractivity contribution in [2.45, 2.75) is 32.4 Å². The van der Waals surface area contributed by atoms with E-state index in [9.17, 15) is 0 Å². The molecular formula is C15H24N4. The number of benzene rings is 1. The largest absolute Gasteiger partial charge is 0.378 e. The summed E-state index contributed by atoms with van der Waals surface area (Å²) in [5.41, 5.74) is 2.45. The maximum atomic E-state index is 4.64. The van der Waals surface area contributed by atoms with Gasteiger partial charge in [-0.05, 0) is 37.5 Å². The second-order valence-electron chi connectivity index (χ2n) is 5.18. The van der Waals surface area contributed by atoms with E-state index in [4.69, 9.17) is 0 Å². The second kappa shape index (κ2) is 6.45. The molecular weight excluding hydrogens is 236 g/mol. The normalized spacial score (nSPS) is 15.2. The van der Waals surface area contributed by atoms with Crippen molar-refractivity contribution in [3.63, 3.8) is 0 Å². The fourth-order valence-corrected chi connectivity index (χ4v) is 1.84. The standard InChI is InChI=1S/C15H24N4/c1-4-16-15(18-13-8-9-13)17-11-12-6-5-7-14(10-12)19(2)3/h5-7,10,13H,4,8-9,11H2,1-3H3,(H2,16,17,18). The van der Waals surface area contributed by atoms with Crippen molar-refractivity contribution >= 4 is 11.6 Å². The van der Waals surface area contributed by atoms with Crippen LogP contribution in [0.2, 0.25) is 0 Å². The highest BCUT2D eigenvalue weighted by Crippen LogP contribution is 2.18. The van der Waals surface area contributed by atoms with Crippen molar-refractivity contribution in [1.29, 1.82) is 0 Å². The van der Waals surface area contributed by atoms with E-state index in [-0.39, 0.29) is 0 Å². The van der Waals surface area contributed by atoms with Gasteiger partial charge >= 0.3 is 0 Å². The minimum Gasteiger partial charge on any atom is -0.378 e. The Labute approximate surface area is 115 Å². The first kappa shape index (κ1) is 13.7. The van der Waals surface area contributed by atoms with Gasteiger partial charge in [-0.3, -0.25) is 0 Å². The van der Waals surface area contributed by atoms with Crippen LogP contribution in [0.25, 0.3) is 0 Å². The van der Waals surface area contributed by atoms with Gasteiger partial charge in [0.05, 0.1) is 6.54 Å². The third-order valence-corrected chi connectivity index (χ3v) is 3.11. The van der Waals surface area contributed by atoms with Crippen LogP contribution in [0.3, 0.4) is 0 Å². The van der Waals surface area contributed by atoms with Gasteiger partial charge in [0, 0.05) is 32.4 Å². The van der Waals surface area contributed by atoms with Gasteiger partial charge in [0.15, 0.2) is 5.96 Å². The van der Waals surface area contributed by atoms with Crippen LogP contribution in [0.15, 0.2) is 29.3 Å². The number of hydrogen-bond acceptors (Lipinski definition) is 2. The Hall–Kier alpha value is -1.71. The lowest BCUT2D eigenvalue weighted by Gasteiger charge is -2.13. The monoisotopic (exact) mass is 260 g/mol. The van der Waals surface area contributed by atoms with Crippen LogP contribution >= 0.6 is 0 Å². The molecule has 1 aromatic rings. The highest BCUT2D eigenvalue weighted by Gasteiger charge is 2.21. The van der Waals surface area contributed by atoms with E-state index in [2.05, 4.69) is 65.8 Å². The zero-order valence-electron chi connectivity index (χ0n) is 12.1. The number of guanidine groups is 1. The van der Waals surface area contributed by atoms with E-state index in [0.717, 1.165) is 12.5 Å². The molecule has 4 heteroatoms. The van der Waals surface area contributed by atoms with E-state index in [1.165, 1.54) is 24.1 Å². The lowest BCUT2D eigenvalue weighted by atomic mass is 10.2. The number of nitrogens with zero attached hydrogens (tertiary/aromatic N) is 2. The smallest absolute Gasteiger partial charge is 0.191 e. The average molecular weight is 260 g/mol. The lowest BCUT2D eigenvalue weighted by molar-refractivity contribution is 0.812. The molecule has 0 heterocycles. The predicted molar refractivity (Wildman–Crippen MR) is 81.7 cm³/mol. The summed E-state index contributed by atoms with van der Waals surface area (Å²) < 4.78 is 0. The van der Waals surface area contributed by atoms with Gasteiger partial charge in [0.25, 0.3) is 0 Å². The van der Waals surface area contributed by atoms with Crippen molar-refractivity contribution in [1.82, 2.24) is 10.6 Å². The van der Waals surface area contributed by atoms with Gasteiger partial charge in [0.2, 0.25) is 0 Å². The van der Waals surface area contributed by atoms with Gasteiger partial charge in [-0.25, -0.2) is 4.99 Å². The van der Waals surface area contributed by atoms with Crippen molar-refractivity contribution in [3.05, 3.63) is 29.8 Å². The first-order valence-electron chi connectivity index (χ1n) is 7.00. The molecule has 0 aromatic heterocycles. The predicted octanol–water partition coefficient (Wildman–Crippen LogP) is 1.97. The Bertz CT molecular complexity index is 436. The van der Waals surface area contributed by atoms with Crippen LogP contribution in [0.4, 0.5) is 5.69 Å². The molecule has 1 aliphatic rings. The molecule has 1 saturated carbocycles. The quantitative estimate of drug-likeness (QED) is 0.628. The molecule has 0 bridgehead atoms. The minimum atomic E-state index is 0.630. The van der Waals surface area contributed by atoms with Crippen molar-refractivity contribution < 1.29 is 0 Å². The molecule has 1 aromatic carbocycles. The third kappa shape index (κ3) is 4.47. The molecule has 1 fully saturated rings. The summed E-state index contributed by atoms with van der Waals surface area (Å²) in [6, 6.07) is 9.13. The van der Waals surface area contributed by atoms with Gasteiger partial charge < -0.3 is 15.5 Å². The van der Waals surface area contributed by atoms with Crippen molar-refractivity contribution in [2.75, 3.05) is 25.5 Å². The summed E-state index contributed by atoms with van der Waals surface area (Å²) in [4.78, 5) is 6.75. The zero-order chi connectivity index (χ0) is 13.7. The molecule has 0 amide bonds. The topological polar surface area (TPSA) is 39.7 Å². The van der Waals surface area contributed by atoms with E-state index in [0.29, 0.717) is 12.6 Å². The molecule has 0 unspecified atom stereocenters. The maximum absolute atomic E-state index is 4.64. The Morgan fingerprint density at radius 3 is 2.79 bits per heavy atom. The molecule has 0 spiro atoms. The minimum absolute atomic E-state index is 0.630. The van der Waals surface area contributed by atoms with Crippen LogP contribution in [-0.4, -0.2) is 32.6 Å². The highest BCUT2D eigenvalue weighted by atomic mass is 15.2. The van der Waals surface area contributed by atoms with E-state index in [1.807, 2.05) is 0 Å². The molecule has 104 valence electrons. The molecule has 0 aliphatic heterocycles. The number of rotatable bonds is 5. The summed E-state index contributed by atoms with van der Waals surface area (Å²) in [6.45, 7) is 3.71. The van der Waals surface area contributed by atoms with Crippen LogP contribution < -0.4 is 15.5 Å². The Morgan fingerprint density at radius 2 is 2.16 bits per heavy atom. The number of hydrogen-bond donors (Lipinski definition) is 2. The highest BCUT2D eigenvalue weighted by molar-refractivity contribution is 5.80. The molecule has 2 rings (SSSR count). The van der Waals surface area contributed by atoms with E-state index >= 15 is 0 Å². The second-order valence-corrected chi connectivity index (χ2v) is 5.18. The SMILES string of the molecule is CCNC(=NCc1cccc(N(C)C)c1)NC1CC1.